The van der Waals surface area contributed by atoms with Gasteiger partial charge in [-0.25, -0.2) is 0 Å². The van der Waals surface area contributed by atoms with Gasteiger partial charge in [0.05, 0.1) is 17.3 Å². The van der Waals surface area contributed by atoms with E-state index in [0.717, 1.165) is 30.4 Å². The molecule has 2 heterocycles. The quantitative estimate of drug-likeness (QED) is 0.677. The van der Waals surface area contributed by atoms with Gasteiger partial charge in [-0.1, -0.05) is 23.3 Å². The van der Waals surface area contributed by atoms with Crippen molar-refractivity contribution < 1.29 is 4.42 Å². The average Bonchev–Trinajstić information content (AvgIpc) is 3.10. The number of para-hydroxylation sites is 1. The van der Waals surface area contributed by atoms with Gasteiger partial charge in [-0.3, -0.25) is 4.68 Å². The van der Waals surface area contributed by atoms with Crippen LogP contribution >= 0.6 is 0 Å². The van der Waals surface area contributed by atoms with Gasteiger partial charge in [0, 0.05) is 18.5 Å². The lowest BCUT2D eigenvalue weighted by molar-refractivity contribution is 0.384. The van der Waals surface area contributed by atoms with Crippen LogP contribution in [0, 0.1) is 0 Å². The maximum Gasteiger partial charge on any atom is 0.315 e. The van der Waals surface area contributed by atoms with E-state index >= 15 is 0 Å². The molecule has 0 bridgehead atoms. The van der Waals surface area contributed by atoms with Crippen molar-refractivity contribution >= 4 is 16.9 Å². The molecule has 3 N–H and O–H groups in total. The third-order valence-electron chi connectivity index (χ3n) is 3.35. The molecule has 0 saturated carbocycles. The van der Waals surface area contributed by atoms with Gasteiger partial charge in [0.1, 0.15) is 0 Å². The van der Waals surface area contributed by atoms with E-state index in [0.29, 0.717) is 11.9 Å². The zero-order valence-corrected chi connectivity index (χ0v) is 12.8. The Balaban J connectivity index is 1.52. The van der Waals surface area contributed by atoms with Crippen LogP contribution in [0.5, 0.6) is 0 Å². The monoisotopic (exact) mass is 300 g/mol. The van der Waals surface area contributed by atoms with Crippen molar-refractivity contribution in [3.8, 4) is 0 Å². The summed E-state index contributed by atoms with van der Waals surface area (Å²) in [6.45, 7) is 5.20. The van der Waals surface area contributed by atoms with Crippen LogP contribution in [0.3, 0.4) is 0 Å². The summed E-state index contributed by atoms with van der Waals surface area (Å²) in [5.41, 5.74) is 6.43. The highest BCUT2D eigenvalue weighted by Gasteiger charge is 2.21. The molecule has 7 nitrogen and oxygen atoms in total. The molecule has 0 atom stereocenters. The molecule has 0 aliphatic carbocycles. The number of nitrogens with two attached hydrogens (primary N) is 1. The average molecular weight is 300 g/mol. The fourth-order valence-electron chi connectivity index (χ4n) is 2.18. The highest BCUT2D eigenvalue weighted by atomic mass is 16.4. The molecule has 2 aromatic heterocycles. The summed E-state index contributed by atoms with van der Waals surface area (Å²) in [6, 6.07) is 8.57. The molecule has 1 aromatic carbocycles. The molecule has 3 aromatic rings. The second-order valence-electron chi connectivity index (χ2n) is 5.84. The second-order valence-corrected chi connectivity index (χ2v) is 5.84. The Hall–Kier alpha value is -2.41. The van der Waals surface area contributed by atoms with Gasteiger partial charge in [0.25, 0.3) is 0 Å². The lowest BCUT2D eigenvalue weighted by atomic mass is 10.1. The Morgan fingerprint density at radius 1 is 1.27 bits per heavy atom. The zero-order valence-electron chi connectivity index (χ0n) is 12.8. The Labute approximate surface area is 128 Å². The number of fused-ring (bicyclic) bond motifs is 1. The highest BCUT2D eigenvalue weighted by molar-refractivity contribution is 5.78. The van der Waals surface area contributed by atoms with E-state index in [4.69, 9.17) is 10.2 Å². The smallest absolute Gasteiger partial charge is 0.315 e. The maximum atomic E-state index is 5.91. The number of nitrogens with one attached hydrogen (secondary N) is 1. The minimum absolute atomic E-state index is 0.402. The number of hydrogen-bond acceptors (Lipinski definition) is 6. The summed E-state index contributed by atoms with van der Waals surface area (Å²) in [5, 5.41) is 16.5. The van der Waals surface area contributed by atoms with Crippen LogP contribution in [0.1, 0.15) is 26.2 Å². The fraction of sp³-hybridized carbons (Fsp3) is 0.400. The number of aromatic nitrogens is 4. The van der Waals surface area contributed by atoms with Gasteiger partial charge in [0.2, 0.25) is 5.89 Å². The van der Waals surface area contributed by atoms with Gasteiger partial charge < -0.3 is 15.5 Å². The third-order valence-corrected chi connectivity index (χ3v) is 3.35. The first-order chi connectivity index (χ1) is 10.5. The van der Waals surface area contributed by atoms with E-state index in [1.54, 1.807) is 0 Å². The summed E-state index contributed by atoms with van der Waals surface area (Å²) in [6.07, 6.45) is 2.78. The van der Waals surface area contributed by atoms with E-state index in [9.17, 15) is 0 Å². The molecule has 0 radical (unpaired) electrons. The van der Waals surface area contributed by atoms with Crippen molar-refractivity contribution in [3.05, 3.63) is 36.4 Å². The van der Waals surface area contributed by atoms with Crippen molar-refractivity contribution in [2.24, 2.45) is 5.73 Å². The van der Waals surface area contributed by atoms with Crippen molar-refractivity contribution in [1.82, 2.24) is 20.0 Å². The molecule has 7 heteroatoms. The fourth-order valence-corrected chi connectivity index (χ4v) is 2.18. The van der Waals surface area contributed by atoms with Crippen LogP contribution in [0.2, 0.25) is 0 Å². The Kier molecular flexibility index (Phi) is 3.81. The number of benzene rings is 1. The molecule has 0 unspecified atom stereocenters. The number of anilines is 1. The minimum Gasteiger partial charge on any atom is -0.406 e. The van der Waals surface area contributed by atoms with Crippen LogP contribution in [-0.4, -0.2) is 26.5 Å². The number of rotatable bonds is 6. The molecule has 0 aliphatic rings. The summed E-state index contributed by atoms with van der Waals surface area (Å²) in [4.78, 5) is 0. The summed E-state index contributed by atoms with van der Waals surface area (Å²) in [5.74, 6) is 0.424. The molecule has 116 valence electrons. The molecule has 3 rings (SSSR count). The lowest BCUT2D eigenvalue weighted by Gasteiger charge is -2.11. The van der Waals surface area contributed by atoms with Crippen LogP contribution < -0.4 is 11.1 Å². The summed E-state index contributed by atoms with van der Waals surface area (Å²) in [7, 11) is 0. The van der Waals surface area contributed by atoms with Crippen LogP contribution in [-0.2, 0) is 12.1 Å². The first-order valence-electron chi connectivity index (χ1n) is 7.31. The maximum absolute atomic E-state index is 5.91. The van der Waals surface area contributed by atoms with E-state index in [-0.39, 0.29) is 0 Å². The Morgan fingerprint density at radius 2 is 2.09 bits per heavy atom. The Bertz CT molecular complexity index is 755. The van der Waals surface area contributed by atoms with E-state index in [2.05, 4.69) is 32.7 Å². The lowest BCUT2D eigenvalue weighted by Crippen LogP contribution is -2.29. The molecular formula is C15H20N6O. The van der Waals surface area contributed by atoms with Crippen molar-refractivity contribution in [1.29, 1.82) is 0 Å². The predicted octanol–water partition coefficient (Wildman–Crippen LogP) is 2.12. The molecule has 0 fully saturated rings. The second kappa shape index (κ2) is 5.76. The van der Waals surface area contributed by atoms with Crippen LogP contribution in [0.4, 0.5) is 6.01 Å². The van der Waals surface area contributed by atoms with Gasteiger partial charge in [0.15, 0.2) is 0 Å². The summed E-state index contributed by atoms with van der Waals surface area (Å²) < 4.78 is 7.47. The highest BCUT2D eigenvalue weighted by Crippen LogP contribution is 2.17. The standard InChI is InChI=1S/C15H20N6O/c1-15(2,16)13-19-20-14(22-13)17-8-5-9-21-12-7-4-3-6-11(12)10-18-21/h3-4,6-7,10H,5,8-9,16H2,1-2H3,(H,17,20). The van der Waals surface area contributed by atoms with Gasteiger partial charge >= 0.3 is 6.01 Å². The van der Waals surface area contributed by atoms with Crippen LogP contribution in [0.15, 0.2) is 34.9 Å². The number of hydrogen-bond donors (Lipinski definition) is 2. The van der Waals surface area contributed by atoms with E-state index < -0.39 is 5.54 Å². The first kappa shape index (κ1) is 14.5. The van der Waals surface area contributed by atoms with E-state index in [1.807, 2.05) is 36.9 Å². The van der Waals surface area contributed by atoms with Crippen molar-refractivity contribution in [2.45, 2.75) is 32.4 Å². The first-order valence-corrected chi connectivity index (χ1v) is 7.31. The van der Waals surface area contributed by atoms with Crippen LogP contribution in [0.25, 0.3) is 10.9 Å². The normalized spacial score (nSPS) is 12.0. The van der Waals surface area contributed by atoms with Gasteiger partial charge in [-0.2, -0.15) is 5.10 Å². The Morgan fingerprint density at radius 3 is 2.86 bits per heavy atom. The third kappa shape index (κ3) is 3.09. The minimum atomic E-state index is -0.624. The number of nitrogens with zero attached hydrogens (tertiary/aromatic N) is 4. The predicted molar refractivity (Wildman–Crippen MR) is 84.4 cm³/mol. The molecule has 0 saturated heterocycles. The molecule has 0 aliphatic heterocycles. The largest absolute Gasteiger partial charge is 0.406 e. The summed E-state index contributed by atoms with van der Waals surface area (Å²) >= 11 is 0. The topological polar surface area (TPSA) is 94.8 Å². The molecule has 22 heavy (non-hydrogen) atoms. The molecule has 0 amide bonds. The molecule has 0 spiro atoms. The van der Waals surface area contributed by atoms with Gasteiger partial charge in [-0.05, 0) is 26.3 Å². The molecular weight excluding hydrogens is 280 g/mol. The zero-order chi connectivity index (χ0) is 15.6. The van der Waals surface area contributed by atoms with Crippen molar-refractivity contribution in [2.75, 3.05) is 11.9 Å². The van der Waals surface area contributed by atoms with Gasteiger partial charge in [-0.15, -0.1) is 5.10 Å². The SMILES string of the molecule is CC(C)(N)c1nnc(NCCCn2ncc3ccccc32)o1. The van der Waals surface area contributed by atoms with Crippen molar-refractivity contribution in [3.63, 3.8) is 0 Å². The number of aryl methyl sites for hydroxylation is 1. The van der Waals surface area contributed by atoms with E-state index in [1.165, 1.54) is 0 Å².